The largest absolute Gasteiger partial charge is 0.506 e. The Morgan fingerprint density at radius 1 is 0.633 bits per heavy atom. The van der Waals surface area contributed by atoms with Crippen LogP contribution < -0.4 is 4.74 Å². The Morgan fingerprint density at radius 3 is 1.71 bits per heavy atom. The summed E-state index contributed by atoms with van der Waals surface area (Å²) in [6.07, 6.45) is 26.9. The van der Waals surface area contributed by atoms with Crippen LogP contribution in [0.4, 0.5) is 0 Å². The number of unbranched alkanes of at least 4 members (excludes halogenated alkanes) is 19. The quantitative estimate of drug-likeness (QED) is 0.0851. The number of rotatable bonds is 21. The first-order chi connectivity index (χ1) is 23.9. The molecular formula is C42H54Cl2O5. The van der Waals surface area contributed by atoms with Crippen molar-refractivity contribution in [3.05, 3.63) is 80.3 Å². The minimum absolute atomic E-state index is 0.0991. The monoisotopic (exact) mass is 708 g/mol. The van der Waals surface area contributed by atoms with E-state index in [1.165, 1.54) is 121 Å². The molecule has 3 aromatic rings. The Hall–Kier alpha value is -2.89. The van der Waals surface area contributed by atoms with E-state index in [0.29, 0.717) is 45.7 Å². The molecule has 5 nitrogen and oxygen atoms in total. The van der Waals surface area contributed by atoms with Gasteiger partial charge in [0.05, 0.1) is 21.2 Å². The molecule has 1 spiro atoms. The number of phenolic OH excluding ortho intramolecular Hbond substituents is 2. The number of carbonyl (C=O) groups is 1. The molecule has 0 aromatic heterocycles. The molecule has 1 unspecified atom stereocenters. The van der Waals surface area contributed by atoms with Crippen LogP contribution in [-0.4, -0.2) is 16.2 Å². The molecule has 0 fully saturated rings. The number of fused-ring (bicyclic) bond motifs is 6. The summed E-state index contributed by atoms with van der Waals surface area (Å²) in [5, 5.41) is 21.6. The first-order valence-corrected chi connectivity index (χ1v) is 19.7. The lowest BCUT2D eigenvalue weighted by atomic mass is 9.75. The van der Waals surface area contributed by atoms with E-state index in [0.717, 1.165) is 19.3 Å². The van der Waals surface area contributed by atoms with Crippen molar-refractivity contribution in [2.24, 2.45) is 0 Å². The highest BCUT2D eigenvalue weighted by Gasteiger charge is 2.55. The van der Waals surface area contributed by atoms with E-state index < -0.39 is 11.6 Å². The minimum atomic E-state index is -1.38. The molecule has 2 aliphatic heterocycles. The van der Waals surface area contributed by atoms with Gasteiger partial charge < -0.3 is 19.7 Å². The van der Waals surface area contributed by atoms with Crippen molar-refractivity contribution in [1.29, 1.82) is 0 Å². The number of hydrogen-bond acceptors (Lipinski definition) is 5. The summed E-state index contributed by atoms with van der Waals surface area (Å²) in [7, 11) is 0. The van der Waals surface area contributed by atoms with E-state index in [1.807, 2.05) is 12.1 Å². The van der Waals surface area contributed by atoms with E-state index >= 15 is 0 Å². The molecule has 0 aliphatic carbocycles. The molecule has 1 atom stereocenters. The maximum atomic E-state index is 13.3. The third-order valence-corrected chi connectivity index (χ3v) is 11.1. The van der Waals surface area contributed by atoms with Crippen LogP contribution in [0.15, 0.2) is 42.5 Å². The van der Waals surface area contributed by atoms with Gasteiger partial charge in [0.1, 0.15) is 23.0 Å². The Bertz CT molecular complexity index is 1550. The van der Waals surface area contributed by atoms with Gasteiger partial charge >= 0.3 is 5.97 Å². The van der Waals surface area contributed by atoms with E-state index in [9.17, 15) is 15.0 Å². The van der Waals surface area contributed by atoms with E-state index in [2.05, 4.69) is 6.92 Å². The molecule has 3 aromatic carbocycles. The molecule has 2 aliphatic rings. The lowest BCUT2D eigenvalue weighted by Crippen LogP contribution is -2.34. The van der Waals surface area contributed by atoms with Gasteiger partial charge in [-0.3, -0.25) is 0 Å². The van der Waals surface area contributed by atoms with Crippen molar-refractivity contribution < 1.29 is 24.5 Å². The zero-order chi connectivity index (χ0) is 34.6. The van der Waals surface area contributed by atoms with Crippen LogP contribution in [0.5, 0.6) is 23.0 Å². The van der Waals surface area contributed by atoms with Crippen LogP contribution in [0.25, 0.3) is 0 Å². The average Bonchev–Trinajstić information content (AvgIpc) is 3.38. The van der Waals surface area contributed by atoms with Gasteiger partial charge in [0.15, 0.2) is 5.60 Å². The van der Waals surface area contributed by atoms with Gasteiger partial charge in [-0.15, -0.1) is 0 Å². The Balaban J connectivity index is 1.09. The lowest BCUT2D eigenvalue weighted by molar-refractivity contribution is 0.0221. The van der Waals surface area contributed by atoms with Gasteiger partial charge in [0.2, 0.25) is 0 Å². The van der Waals surface area contributed by atoms with Crippen molar-refractivity contribution >= 4 is 29.2 Å². The summed E-state index contributed by atoms with van der Waals surface area (Å²) in [6.45, 7) is 2.28. The van der Waals surface area contributed by atoms with Gasteiger partial charge in [-0.25, -0.2) is 4.79 Å². The van der Waals surface area contributed by atoms with E-state index in [-0.39, 0.29) is 21.5 Å². The van der Waals surface area contributed by atoms with Crippen molar-refractivity contribution in [1.82, 2.24) is 0 Å². The second-order valence-corrected chi connectivity index (χ2v) is 14.8. The van der Waals surface area contributed by atoms with Gasteiger partial charge in [0.25, 0.3) is 0 Å². The average molecular weight is 710 g/mol. The van der Waals surface area contributed by atoms with Crippen molar-refractivity contribution in [3.63, 3.8) is 0 Å². The fourth-order valence-electron chi connectivity index (χ4n) is 7.69. The highest BCUT2D eigenvalue weighted by atomic mass is 35.5. The van der Waals surface area contributed by atoms with Crippen LogP contribution >= 0.6 is 23.2 Å². The summed E-state index contributed by atoms with van der Waals surface area (Å²) < 4.78 is 12.5. The maximum Gasteiger partial charge on any atom is 0.340 e. The van der Waals surface area contributed by atoms with Crippen LogP contribution in [0.2, 0.25) is 10.0 Å². The zero-order valence-electron chi connectivity index (χ0n) is 29.3. The van der Waals surface area contributed by atoms with Gasteiger partial charge in [-0.05, 0) is 30.5 Å². The van der Waals surface area contributed by atoms with Crippen LogP contribution in [0.1, 0.15) is 168 Å². The minimum Gasteiger partial charge on any atom is -0.506 e. The number of aromatic hydroxyl groups is 2. The topological polar surface area (TPSA) is 76.0 Å². The fourth-order valence-corrected chi connectivity index (χ4v) is 8.10. The molecule has 2 N–H and O–H groups in total. The standard InChI is InChI=1S/C42H54Cl2O5/c1-2-3-4-5-6-7-8-9-10-11-12-13-14-15-16-17-18-19-20-21-25-31-39-38(29-36(46)40(31)44)48-37-28-35(45)34(43)27-33(37)42(39)32-26-23-22-24-30(32)41(47)49-42/h22-24,26-29,45-46H,2-21,25H2,1H3. The van der Waals surface area contributed by atoms with E-state index in [1.54, 1.807) is 18.2 Å². The highest BCUT2D eigenvalue weighted by molar-refractivity contribution is 6.33. The Labute approximate surface area is 303 Å². The van der Waals surface area contributed by atoms with Crippen LogP contribution in [-0.2, 0) is 16.8 Å². The Kier molecular flexibility index (Phi) is 14.0. The second kappa shape index (κ2) is 18.4. The number of esters is 1. The maximum absolute atomic E-state index is 13.3. The van der Waals surface area contributed by atoms with Gasteiger partial charge in [-0.1, -0.05) is 170 Å². The van der Waals surface area contributed by atoms with E-state index in [4.69, 9.17) is 32.7 Å². The molecule has 2 heterocycles. The SMILES string of the molecule is CCCCCCCCCCCCCCCCCCCCCCc1c(Cl)c(O)cc2c1C1(OC(=O)c3ccccc31)c1cc(Cl)c(O)cc1O2. The number of ether oxygens (including phenoxy) is 2. The molecule has 266 valence electrons. The van der Waals surface area contributed by atoms with Crippen molar-refractivity contribution in [2.45, 2.75) is 147 Å². The number of halogens is 2. The third kappa shape index (κ3) is 8.89. The molecule has 0 amide bonds. The van der Waals surface area contributed by atoms with Crippen molar-refractivity contribution in [3.8, 4) is 23.0 Å². The number of phenols is 2. The first kappa shape index (κ1) is 37.4. The number of carbonyl (C=O) groups excluding carboxylic acids is 1. The number of hydrogen-bond donors (Lipinski definition) is 2. The summed E-state index contributed by atoms with van der Waals surface area (Å²) in [4.78, 5) is 13.3. The van der Waals surface area contributed by atoms with Crippen molar-refractivity contribution in [2.75, 3.05) is 0 Å². The summed E-state index contributed by atoms with van der Waals surface area (Å²) >= 11 is 13.2. The summed E-state index contributed by atoms with van der Waals surface area (Å²) in [6, 6.07) is 11.7. The highest BCUT2D eigenvalue weighted by Crippen LogP contribution is 2.60. The number of benzene rings is 3. The molecule has 49 heavy (non-hydrogen) atoms. The lowest BCUT2D eigenvalue weighted by Gasteiger charge is -2.38. The molecular weight excluding hydrogens is 655 g/mol. The zero-order valence-corrected chi connectivity index (χ0v) is 30.8. The third-order valence-electron chi connectivity index (χ3n) is 10.4. The summed E-state index contributed by atoms with van der Waals surface area (Å²) in [5.74, 6) is -0.0842. The fraction of sp³-hybridized carbons (Fsp3) is 0.548. The van der Waals surface area contributed by atoms with Crippen LogP contribution in [0.3, 0.4) is 0 Å². The predicted molar refractivity (Wildman–Crippen MR) is 200 cm³/mol. The predicted octanol–water partition coefficient (Wildman–Crippen LogP) is 13.3. The Morgan fingerprint density at radius 2 is 1.14 bits per heavy atom. The normalized spacial score (nSPS) is 15.9. The molecule has 0 saturated carbocycles. The smallest absolute Gasteiger partial charge is 0.340 e. The molecule has 0 radical (unpaired) electrons. The van der Waals surface area contributed by atoms with Crippen LogP contribution in [0, 0.1) is 0 Å². The first-order valence-electron chi connectivity index (χ1n) is 19.0. The molecule has 0 bridgehead atoms. The second-order valence-electron chi connectivity index (χ2n) is 14.0. The summed E-state index contributed by atoms with van der Waals surface area (Å²) in [5.41, 5.74) is 1.51. The molecule has 7 heteroatoms. The van der Waals surface area contributed by atoms with Gasteiger partial charge in [-0.2, -0.15) is 0 Å². The molecule has 5 rings (SSSR count). The molecule has 0 saturated heterocycles. The van der Waals surface area contributed by atoms with Gasteiger partial charge in [0, 0.05) is 23.3 Å².